The number of amides is 1. The average Bonchev–Trinajstić information content (AvgIpc) is 3.10. The number of thiophene rings is 1. The second-order valence-corrected chi connectivity index (χ2v) is 7.84. The maximum atomic E-state index is 12.4. The van der Waals surface area contributed by atoms with E-state index < -0.39 is 10.0 Å². The Morgan fingerprint density at radius 3 is 2.64 bits per heavy atom. The lowest BCUT2D eigenvalue weighted by Gasteiger charge is -2.09. The molecule has 0 aliphatic rings. The first kappa shape index (κ1) is 21.6. The van der Waals surface area contributed by atoms with Gasteiger partial charge in [0.15, 0.2) is 0 Å². The van der Waals surface area contributed by atoms with E-state index in [1.54, 1.807) is 12.1 Å². The lowest BCUT2D eigenvalue weighted by atomic mass is 10.2. The van der Waals surface area contributed by atoms with Crippen LogP contribution in [0.3, 0.4) is 0 Å². The zero-order valence-corrected chi connectivity index (χ0v) is 16.3. The summed E-state index contributed by atoms with van der Waals surface area (Å²) in [7, 11) is -3.66. The first-order chi connectivity index (χ1) is 11.5. The number of nitrogens with one attached hydrogen (secondary N) is 3. The third-order valence-electron chi connectivity index (χ3n) is 3.26. The molecule has 0 radical (unpaired) electrons. The first-order valence-electron chi connectivity index (χ1n) is 7.64. The van der Waals surface area contributed by atoms with E-state index in [-0.39, 0.29) is 29.8 Å². The molecule has 0 aliphatic carbocycles. The van der Waals surface area contributed by atoms with Gasteiger partial charge in [-0.2, -0.15) is 0 Å². The van der Waals surface area contributed by atoms with E-state index in [1.807, 2.05) is 24.4 Å². The Morgan fingerprint density at radius 1 is 1.16 bits per heavy atom. The number of hydrogen-bond donors (Lipinski definition) is 3. The van der Waals surface area contributed by atoms with Crippen molar-refractivity contribution in [2.75, 3.05) is 19.6 Å². The summed E-state index contributed by atoms with van der Waals surface area (Å²) in [6.07, 6.45) is 0. The van der Waals surface area contributed by atoms with Gasteiger partial charge in [-0.3, -0.25) is 4.79 Å². The predicted molar refractivity (Wildman–Crippen MR) is 103 cm³/mol. The second-order valence-electron chi connectivity index (χ2n) is 5.04. The van der Waals surface area contributed by atoms with E-state index in [1.165, 1.54) is 23.5 Å². The van der Waals surface area contributed by atoms with Crippen LogP contribution in [-0.2, 0) is 16.6 Å². The highest BCUT2D eigenvalue weighted by molar-refractivity contribution is 7.89. The Bertz CT molecular complexity index is 765. The highest BCUT2D eigenvalue weighted by Gasteiger charge is 2.16. The Hall–Kier alpha value is -1.45. The van der Waals surface area contributed by atoms with Gasteiger partial charge in [0.25, 0.3) is 5.91 Å². The smallest absolute Gasteiger partial charge is 0.251 e. The van der Waals surface area contributed by atoms with Crippen LogP contribution in [0.5, 0.6) is 0 Å². The lowest BCUT2D eigenvalue weighted by Crippen LogP contribution is -2.32. The maximum Gasteiger partial charge on any atom is 0.251 e. The summed E-state index contributed by atoms with van der Waals surface area (Å²) in [5, 5.41) is 7.74. The van der Waals surface area contributed by atoms with Gasteiger partial charge >= 0.3 is 0 Å². The summed E-state index contributed by atoms with van der Waals surface area (Å²) in [5.74, 6) is -0.289. The van der Waals surface area contributed by atoms with Crippen molar-refractivity contribution in [1.82, 2.24) is 15.4 Å². The van der Waals surface area contributed by atoms with Crippen LogP contribution in [0.1, 0.15) is 22.2 Å². The van der Waals surface area contributed by atoms with E-state index in [0.29, 0.717) is 18.7 Å². The quantitative estimate of drug-likeness (QED) is 0.559. The number of halogens is 1. The molecule has 0 saturated heterocycles. The van der Waals surface area contributed by atoms with Crippen molar-refractivity contribution in [1.29, 1.82) is 0 Å². The fourth-order valence-corrected chi connectivity index (χ4v) is 3.80. The Balaban J connectivity index is 0.00000312. The molecule has 1 aromatic carbocycles. The molecule has 0 bridgehead atoms. The van der Waals surface area contributed by atoms with Gasteiger partial charge in [0.05, 0.1) is 4.90 Å². The predicted octanol–water partition coefficient (Wildman–Crippen LogP) is 1.99. The molecular formula is C16H22ClN3O3S2. The average molecular weight is 404 g/mol. The number of sulfonamides is 1. The number of benzene rings is 1. The van der Waals surface area contributed by atoms with Gasteiger partial charge in [-0.1, -0.05) is 19.1 Å². The monoisotopic (exact) mass is 403 g/mol. The normalized spacial score (nSPS) is 10.9. The van der Waals surface area contributed by atoms with Gasteiger partial charge in [-0.05, 0) is 36.2 Å². The van der Waals surface area contributed by atoms with Crippen LogP contribution in [0.15, 0.2) is 46.7 Å². The standard InChI is InChI=1S/C16H21N3O3S2.ClH/c1-2-17-8-9-18-16(20)13-5-3-7-15(11-13)24(21,22)19-12-14-6-4-10-23-14;/h3-7,10-11,17,19H,2,8-9,12H2,1H3,(H,18,20);1H. The molecule has 0 saturated carbocycles. The maximum absolute atomic E-state index is 12.4. The topological polar surface area (TPSA) is 87.3 Å². The molecule has 2 rings (SSSR count). The molecule has 0 spiro atoms. The van der Waals surface area contributed by atoms with Crippen molar-refractivity contribution in [3.05, 3.63) is 52.2 Å². The molecule has 3 N–H and O–H groups in total. The number of carbonyl (C=O) groups excluding carboxylic acids is 1. The summed E-state index contributed by atoms with van der Waals surface area (Å²) in [4.78, 5) is 13.1. The minimum Gasteiger partial charge on any atom is -0.351 e. The van der Waals surface area contributed by atoms with Crippen LogP contribution in [-0.4, -0.2) is 34.0 Å². The molecule has 1 heterocycles. The third-order valence-corrected chi connectivity index (χ3v) is 5.54. The third kappa shape index (κ3) is 6.75. The van der Waals surface area contributed by atoms with Gasteiger partial charge < -0.3 is 10.6 Å². The van der Waals surface area contributed by atoms with Gasteiger partial charge in [0, 0.05) is 30.1 Å². The zero-order valence-electron chi connectivity index (χ0n) is 13.8. The highest BCUT2D eigenvalue weighted by Crippen LogP contribution is 2.14. The van der Waals surface area contributed by atoms with Crippen molar-refractivity contribution in [3.63, 3.8) is 0 Å². The summed E-state index contributed by atoms with van der Waals surface area (Å²) in [6.45, 7) is 4.21. The molecule has 138 valence electrons. The fourth-order valence-electron chi connectivity index (χ4n) is 2.01. The lowest BCUT2D eigenvalue weighted by molar-refractivity contribution is 0.0953. The summed E-state index contributed by atoms with van der Waals surface area (Å²) in [6, 6.07) is 9.76. The molecule has 25 heavy (non-hydrogen) atoms. The van der Waals surface area contributed by atoms with E-state index in [9.17, 15) is 13.2 Å². The number of rotatable bonds is 9. The van der Waals surface area contributed by atoms with E-state index >= 15 is 0 Å². The Kier molecular flexibility index (Phi) is 9.09. The molecule has 0 unspecified atom stereocenters. The molecule has 0 aliphatic heterocycles. The summed E-state index contributed by atoms with van der Waals surface area (Å²) in [5.41, 5.74) is 0.325. The molecular weight excluding hydrogens is 382 g/mol. The van der Waals surface area contributed by atoms with Gasteiger partial charge in [0.2, 0.25) is 10.0 Å². The molecule has 0 atom stereocenters. The molecule has 9 heteroatoms. The van der Waals surface area contributed by atoms with Gasteiger partial charge in [0.1, 0.15) is 0 Å². The summed E-state index contributed by atoms with van der Waals surface area (Å²) >= 11 is 1.48. The molecule has 2 aromatic rings. The number of carbonyl (C=O) groups is 1. The van der Waals surface area contributed by atoms with Crippen molar-refractivity contribution in [2.24, 2.45) is 0 Å². The Morgan fingerprint density at radius 2 is 1.96 bits per heavy atom. The van der Waals surface area contributed by atoms with E-state index in [4.69, 9.17) is 0 Å². The van der Waals surface area contributed by atoms with Crippen LogP contribution < -0.4 is 15.4 Å². The summed E-state index contributed by atoms with van der Waals surface area (Å²) < 4.78 is 27.3. The molecule has 0 fully saturated rings. The largest absolute Gasteiger partial charge is 0.351 e. The highest BCUT2D eigenvalue weighted by atomic mass is 35.5. The van der Waals surface area contributed by atoms with Crippen molar-refractivity contribution in [3.8, 4) is 0 Å². The second kappa shape index (κ2) is 10.5. The van der Waals surface area contributed by atoms with E-state index in [2.05, 4.69) is 15.4 Å². The molecule has 1 amide bonds. The van der Waals surface area contributed by atoms with Crippen molar-refractivity contribution >= 4 is 39.7 Å². The first-order valence-corrected chi connectivity index (χ1v) is 10.00. The minimum atomic E-state index is -3.66. The Labute approximate surface area is 158 Å². The minimum absolute atomic E-state index is 0. The van der Waals surface area contributed by atoms with Crippen molar-refractivity contribution in [2.45, 2.75) is 18.4 Å². The van der Waals surface area contributed by atoms with Crippen LogP contribution in [0.4, 0.5) is 0 Å². The van der Waals surface area contributed by atoms with Gasteiger partial charge in [-0.15, -0.1) is 23.7 Å². The van der Waals surface area contributed by atoms with Crippen molar-refractivity contribution < 1.29 is 13.2 Å². The van der Waals surface area contributed by atoms with Crippen LogP contribution in [0, 0.1) is 0 Å². The number of hydrogen-bond acceptors (Lipinski definition) is 5. The van der Waals surface area contributed by atoms with Crippen LogP contribution in [0.2, 0.25) is 0 Å². The van der Waals surface area contributed by atoms with E-state index in [0.717, 1.165) is 11.4 Å². The van der Waals surface area contributed by atoms with Crippen LogP contribution >= 0.6 is 23.7 Å². The molecule has 1 aromatic heterocycles. The molecule has 6 nitrogen and oxygen atoms in total. The SMILES string of the molecule is CCNCCNC(=O)c1cccc(S(=O)(=O)NCc2cccs2)c1.Cl. The zero-order chi connectivity index (χ0) is 17.4. The fraction of sp³-hybridized carbons (Fsp3) is 0.312. The number of likely N-dealkylation sites (N-methyl/N-ethyl adjacent to an activating group) is 1. The van der Waals surface area contributed by atoms with Gasteiger partial charge in [-0.25, -0.2) is 13.1 Å². The van der Waals surface area contributed by atoms with Crippen LogP contribution in [0.25, 0.3) is 0 Å².